The summed E-state index contributed by atoms with van der Waals surface area (Å²) in [6.07, 6.45) is 2.10. The molecular weight excluding hydrogens is 226 g/mol. The fraction of sp³-hybridized carbons (Fsp3) is 0.533. The molecule has 0 aliphatic heterocycles. The lowest BCUT2D eigenvalue weighted by atomic mass is 10.2. The zero-order valence-corrected chi connectivity index (χ0v) is 11.5. The second-order valence-corrected chi connectivity index (χ2v) is 4.84. The third kappa shape index (κ3) is 5.21. The molecule has 0 aliphatic rings. The average Bonchev–Trinajstić information content (AvgIpc) is 2.37. The van der Waals surface area contributed by atoms with Crippen LogP contribution in [0.25, 0.3) is 0 Å². The summed E-state index contributed by atoms with van der Waals surface area (Å²) < 4.78 is 5.57. The van der Waals surface area contributed by atoms with Crippen LogP contribution >= 0.6 is 0 Å². The summed E-state index contributed by atoms with van der Waals surface area (Å²) in [6.45, 7) is 7.75. The minimum atomic E-state index is -0.0149. The van der Waals surface area contributed by atoms with Gasteiger partial charge in [-0.1, -0.05) is 27.2 Å². The van der Waals surface area contributed by atoms with Gasteiger partial charge in [-0.2, -0.15) is 0 Å². The number of ether oxygens (including phenoxy) is 1. The van der Waals surface area contributed by atoms with Crippen LogP contribution < -0.4 is 10.1 Å². The highest BCUT2D eigenvalue weighted by molar-refractivity contribution is 5.94. The quantitative estimate of drug-likeness (QED) is 0.753. The molecular formula is C15H23NO2. The predicted molar refractivity (Wildman–Crippen MR) is 74.0 cm³/mol. The van der Waals surface area contributed by atoms with Crippen molar-refractivity contribution in [3.63, 3.8) is 0 Å². The fourth-order valence-corrected chi connectivity index (χ4v) is 1.45. The molecule has 3 nitrogen and oxygen atoms in total. The number of hydrogen-bond donors (Lipinski definition) is 1. The van der Waals surface area contributed by atoms with Gasteiger partial charge in [-0.3, -0.25) is 4.79 Å². The Kier molecular flexibility index (Phi) is 6.26. The molecule has 1 aromatic carbocycles. The van der Waals surface area contributed by atoms with E-state index in [1.807, 2.05) is 12.1 Å². The first kappa shape index (κ1) is 14.6. The standard InChI is InChI=1S/C15H23NO2/c1-4-5-10-16-15(17)13-6-8-14(9-7-13)18-11-12(2)3/h6-9,12H,4-5,10-11H2,1-3H3,(H,16,17). The number of benzene rings is 1. The first-order chi connectivity index (χ1) is 8.63. The van der Waals surface area contributed by atoms with Gasteiger partial charge in [0.05, 0.1) is 6.61 Å². The van der Waals surface area contributed by atoms with E-state index in [-0.39, 0.29) is 5.91 Å². The molecule has 0 aliphatic carbocycles. The zero-order chi connectivity index (χ0) is 13.4. The van der Waals surface area contributed by atoms with Gasteiger partial charge >= 0.3 is 0 Å². The van der Waals surface area contributed by atoms with Crippen LogP contribution in [0.2, 0.25) is 0 Å². The molecule has 0 bridgehead atoms. The van der Waals surface area contributed by atoms with E-state index in [2.05, 4.69) is 26.1 Å². The molecule has 18 heavy (non-hydrogen) atoms. The van der Waals surface area contributed by atoms with Crippen LogP contribution in [0.1, 0.15) is 44.0 Å². The molecule has 1 aromatic rings. The molecule has 0 radical (unpaired) electrons. The number of hydrogen-bond acceptors (Lipinski definition) is 2. The molecule has 0 spiro atoms. The van der Waals surface area contributed by atoms with E-state index >= 15 is 0 Å². The van der Waals surface area contributed by atoms with E-state index in [1.54, 1.807) is 12.1 Å². The molecule has 0 saturated heterocycles. The normalized spacial score (nSPS) is 10.4. The maximum Gasteiger partial charge on any atom is 0.251 e. The van der Waals surface area contributed by atoms with Gasteiger partial charge < -0.3 is 10.1 Å². The Morgan fingerprint density at radius 3 is 2.50 bits per heavy atom. The topological polar surface area (TPSA) is 38.3 Å². The molecule has 1 N–H and O–H groups in total. The van der Waals surface area contributed by atoms with E-state index in [4.69, 9.17) is 4.74 Å². The third-order valence-corrected chi connectivity index (χ3v) is 2.52. The Balaban J connectivity index is 2.46. The number of carbonyl (C=O) groups is 1. The Hall–Kier alpha value is -1.51. The SMILES string of the molecule is CCCCNC(=O)c1ccc(OCC(C)C)cc1. The monoisotopic (exact) mass is 249 g/mol. The van der Waals surface area contributed by atoms with E-state index in [0.29, 0.717) is 18.1 Å². The maximum atomic E-state index is 11.7. The van der Waals surface area contributed by atoms with Crippen molar-refractivity contribution in [2.24, 2.45) is 5.92 Å². The molecule has 0 atom stereocenters. The highest BCUT2D eigenvalue weighted by Gasteiger charge is 2.04. The lowest BCUT2D eigenvalue weighted by molar-refractivity contribution is 0.0953. The summed E-state index contributed by atoms with van der Waals surface area (Å²) in [5, 5.41) is 2.89. The second kappa shape index (κ2) is 7.75. The van der Waals surface area contributed by atoms with Crippen molar-refractivity contribution in [1.29, 1.82) is 0 Å². The number of unbranched alkanes of at least 4 members (excludes halogenated alkanes) is 1. The van der Waals surface area contributed by atoms with Crippen LogP contribution in [0.15, 0.2) is 24.3 Å². The Morgan fingerprint density at radius 2 is 1.94 bits per heavy atom. The van der Waals surface area contributed by atoms with Crippen molar-refractivity contribution in [2.75, 3.05) is 13.2 Å². The van der Waals surface area contributed by atoms with E-state index < -0.39 is 0 Å². The van der Waals surface area contributed by atoms with E-state index in [9.17, 15) is 4.79 Å². The fourth-order valence-electron chi connectivity index (χ4n) is 1.45. The summed E-state index contributed by atoms with van der Waals surface area (Å²) in [7, 11) is 0. The third-order valence-electron chi connectivity index (χ3n) is 2.52. The largest absolute Gasteiger partial charge is 0.493 e. The van der Waals surface area contributed by atoms with Crippen LogP contribution in [0.4, 0.5) is 0 Å². The number of nitrogens with one attached hydrogen (secondary N) is 1. The second-order valence-electron chi connectivity index (χ2n) is 4.84. The lowest BCUT2D eigenvalue weighted by Gasteiger charge is -2.09. The molecule has 0 fully saturated rings. The van der Waals surface area contributed by atoms with Crippen molar-refractivity contribution in [3.05, 3.63) is 29.8 Å². The molecule has 1 rings (SSSR count). The van der Waals surface area contributed by atoms with E-state index in [1.165, 1.54) is 0 Å². The van der Waals surface area contributed by atoms with Crippen LogP contribution in [0, 0.1) is 5.92 Å². The van der Waals surface area contributed by atoms with Gasteiger partial charge in [-0.25, -0.2) is 0 Å². The van der Waals surface area contributed by atoms with Crippen LogP contribution in [0.5, 0.6) is 5.75 Å². The molecule has 0 aromatic heterocycles. The smallest absolute Gasteiger partial charge is 0.251 e. The van der Waals surface area contributed by atoms with Crippen LogP contribution in [-0.4, -0.2) is 19.1 Å². The highest BCUT2D eigenvalue weighted by Crippen LogP contribution is 2.13. The van der Waals surface area contributed by atoms with Gasteiger partial charge in [0.2, 0.25) is 0 Å². The first-order valence-electron chi connectivity index (χ1n) is 6.64. The summed E-state index contributed by atoms with van der Waals surface area (Å²) in [4.78, 5) is 11.7. The minimum absolute atomic E-state index is 0.0149. The van der Waals surface area contributed by atoms with Crippen molar-refractivity contribution in [2.45, 2.75) is 33.6 Å². The summed E-state index contributed by atoms with van der Waals surface area (Å²) in [6, 6.07) is 7.29. The van der Waals surface area contributed by atoms with Crippen molar-refractivity contribution in [3.8, 4) is 5.75 Å². The predicted octanol–water partition coefficient (Wildman–Crippen LogP) is 3.25. The molecule has 0 saturated carbocycles. The van der Waals surface area contributed by atoms with Gasteiger partial charge in [0.25, 0.3) is 5.91 Å². The first-order valence-corrected chi connectivity index (χ1v) is 6.64. The maximum absolute atomic E-state index is 11.7. The van der Waals surface area contributed by atoms with Crippen molar-refractivity contribution < 1.29 is 9.53 Å². The summed E-state index contributed by atoms with van der Waals surface area (Å²) in [5.41, 5.74) is 0.683. The molecule has 0 unspecified atom stereocenters. The molecule has 100 valence electrons. The number of rotatable bonds is 7. The summed E-state index contributed by atoms with van der Waals surface area (Å²) >= 11 is 0. The lowest BCUT2D eigenvalue weighted by Crippen LogP contribution is -2.24. The summed E-state index contributed by atoms with van der Waals surface area (Å²) in [5.74, 6) is 1.30. The van der Waals surface area contributed by atoms with Gasteiger partial charge in [0.1, 0.15) is 5.75 Å². The Bertz CT molecular complexity index is 357. The van der Waals surface area contributed by atoms with Gasteiger partial charge in [0, 0.05) is 12.1 Å². The highest BCUT2D eigenvalue weighted by atomic mass is 16.5. The molecule has 0 heterocycles. The van der Waals surface area contributed by atoms with Crippen molar-refractivity contribution in [1.82, 2.24) is 5.32 Å². The number of amides is 1. The van der Waals surface area contributed by atoms with Gasteiger partial charge in [0.15, 0.2) is 0 Å². The Labute approximate surface area is 110 Å². The molecule has 3 heteroatoms. The number of carbonyl (C=O) groups excluding carboxylic acids is 1. The minimum Gasteiger partial charge on any atom is -0.493 e. The van der Waals surface area contributed by atoms with Crippen molar-refractivity contribution >= 4 is 5.91 Å². The van der Waals surface area contributed by atoms with Gasteiger partial charge in [-0.05, 0) is 36.6 Å². The van der Waals surface area contributed by atoms with Crippen LogP contribution in [-0.2, 0) is 0 Å². The van der Waals surface area contributed by atoms with Gasteiger partial charge in [-0.15, -0.1) is 0 Å². The zero-order valence-electron chi connectivity index (χ0n) is 11.5. The Morgan fingerprint density at radius 1 is 1.28 bits per heavy atom. The van der Waals surface area contributed by atoms with E-state index in [0.717, 1.165) is 25.1 Å². The molecule has 1 amide bonds. The average molecular weight is 249 g/mol. The van der Waals surface area contributed by atoms with Crippen LogP contribution in [0.3, 0.4) is 0 Å².